The molecule has 0 saturated heterocycles. The van der Waals surface area contributed by atoms with Crippen LogP contribution < -0.4 is 0 Å². The highest BCUT2D eigenvalue weighted by Gasteiger charge is 2.31. The molecular weight excluding hydrogens is 217 g/mol. The molecule has 0 N–H and O–H groups in total. The predicted octanol–water partition coefficient (Wildman–Crippen LogP) is 3.16. The SMILES string of the molecule is FC(F)(F)c1cncc(-c2ccncc2)c1. The van der Waals surface area contributed by atoms with Crippen LogP contribution in [0.3, 0.4) is 0 Å². The van der Waals surface area contributed by atoms with Gasteiger partial charge in [-0.25, -0.2) is 0 Å². The van der Waals surface area contributed by atoms with Crippen molar-refractivity contribution >= 4 is 0 Å². The first kappa shape index (κ1) is 10.6. The Labute approximate surface area is 89.8 Å². The number of hydrogen-bond acceptors (Lipinski definition) is 2. The van der Waals surface area contributed by atoms with Gasteiger partial charge in [-0.05, 0) is 23.8 Å². The summed E-state index contributed by atoms with van der Waals surface area (Å²) in [5.74, 6) is 0. The van der Waals surface area contributed by atoms with Crippen LogP contribution in [0.15, 0.2) is 43.0 Å². The van der Waals surface area contributed by atoms with Gasteiger partial charge in [-0.15, -0.1) is 0 Å². The van der Waals surface area contributed by atoms with Crippen LogP contribution in [0.5, 0.6) is 0 Å². The highest BCUT2D eigenvalue weighted by Crippen LogP contribution is 2.31. The van der Waals surface area contributed by atoms with E-state index in [0.29, 0.717) is 11.1 Å². The third-order valence-electron chi connectivity index (χ3n) is 2.08. The van der Waals surface area contributed by atoms with Crippen molar-refractivity contribution < 1.29 is 13.2 Å². The molecule has 2 nitrogen and oxygen atoms in total. The van der Waals surface area contributed by atoms with Crippen LogP contribution in [0.1, 0.15) is 5.56 Å². The molecule has 0 aliphatic rings. The largest absolute Gasteiger partial charge is 0.417 e. The van der Waals surface area contributed by atoms with Gasteiger partial charge in [0.1, 0.15) is 0 Å². The smallest absolute Gasteiger partial charge is 0.265 e. The number of pyridine rings is 2. The van der Waals surface area contributed by atoms with E-state index in [4.69, 9.17) is 0 Å². The second-order valence-electron chi connectivity index (χ2n) is 3.20. The maximum Gasteiger partial charge on any atom is 0.417 e. The van der Waals surface area contributed by atoms with Crippen LogP contribution in [-0.2, 0) is 6.18 Å². The van der Waals surface area contributed by atoms with Crippen LogP contribution in [0, 0.1) is 0 Å². The Balaban J connectivity index is 2.45. The van der Waals surface area contributed by atoms with Crippen molar-refractivity contribution in [3.63, 3.8) is 0 Å². The third-order valence-corrected chi connectivity index (χ3v) is 2.08. The van der Waals surface area contributed by atoms with E-state index in [1.165, 1.54) is 18.6 Å². The van der Waals surface area contributed by atoms with E-state index in [0.717, 1.165) is 12.3 Å². The fourth-order valence-electron chi connectivity index (χ4n) is 1.30. The molecule has 0 aromatic carbocycles. The summed E-state index contributed by atoms with van der Waals surface area (Å²) in [7, 11) is 0. The van der Waals surface area contributed by atoms with Crippen molar-refractivity contribution in [1.29, 1.82) is 0 Å². The molecule has 0 bridgehead atoms. The fourth-order valence-corrected chi connectivity index (χ4v) is 1.30. The maximum atomic E-state index is 12.4. The van der Waals surface area contributed by atoms with E-state index in [1.807, 2.05) is 0 Å². The Morgan fingerprint density at radius 3 is 2.19 bits per heavy atom. The molecule has 0 spiro atoms. The zero-order valence-corrected chi connectivity index (χ0v) is 8.07. The molecule has 16 heavy (non-hydrogen) atoms. The monoisotopic (exact) mass is 224 g/mol. The Morgan fingerprint density at radius 2 is 1.56 bits per heavy atom. The Kier molecular flexibility index (Phi) is 2.60. The molecule has 0 amide bonds. The lowest BCUT2D eigenvalue weighted by Gasteiger charge is -2.07. The van der Waals surface area contributed by atoms with E-state index in [2.05, 4.69) is 9.97 Å². The van der Waals surface area contributed by atoms with Crippen molar-refractivity contribution in [2.24, 2.45) is 0 Å². The average molecular weight is 224 g/mol. The summed E-state index contributed by atoms with van der Waals surface area (Å²) < 4.78 is 37.3. The second kappa shape index (κ2) is 3.92. The maximum absolute atomic E-state index is 12.4. The Morgan fingerprint density at radius 1 is 0.875 bits per heavy atom. The van der Waals surface area contributed by atoms with Crippen molar-refractivity contribution in [3.8, 4) is 11.1 Å². The highest BCUT2D eigenvalue weighted by molar-refractivity contribution is 5.62. The number of hydrogen-bond donors (Lipinski definition) is 0. The van der Waals surface area contributed by atoms with Crippen LogP contribution in [0.25, 0.3) is 11.1 Å². The lowest BCUT2D eigenvalue weighted by molar-refractivity contribution is -0.137. The minimum absolute atomic E-state index is 0.428. The molecule has 0 atom stereocenters. The van der Waals surface area contributed by atoms with Gasteiger partial charge in [-0.3, -0.25) is 9.97 Å². The minimum atomic E-state index is -4.37. The topological polar surface area (TPSA) is 25.8 Å². The first-order valence-electron chi connectivity index (χ1n) is 4.50. The molecular formula is C11H7F3N2. The van der Waals surface area contributed by atoms with Crippen LogP contribution in [0.4, 0.5) is 13.2 Å². The summed E-state index contributed by atoms with van der Waals surface area (Å²) in [5, 5.41) is 0. The van der Waals surface area contributed by atoms with Gasteiger partial charge in [-0.2, -0.15) is 13.2 Å². The van der Waals surface area contributed by atoms with Crippen LogP contribution >= 0.6 is 0 Å². The fraction of sp³-hybridized carbons (Fsp3) is 0.0909. The van der Waals surface area contributed by atoms with E-state index < -0.39 is 11.7 Å². The molecule has 2 aromatic heterocycles. The molecule has 82 valence electrons. The van der Waals surface area contributed by atoms with Gasteiger partial charge in [0.2, 0.25) is 0 Å². The van der Waals surface area contributed by atoms with Crippen molar-refractivity contribution in [2.45, 2.75) is 6.18 Å². The highest BCUT2D eigenvalue weighted by atomic mass is 19.4. The number of nitrogens with zero attached hydrogens (tertiary/aromatic N) is 2. The molecule has 2 heterocycles. The Bertz CT molecular complexity index is 480. The Hall–Kier alpha value is -1.91. The van der Waals surface area contributed by atoms with Gasteiger partial charge in [-0.1, -0.05) is 0 Å². The first-order valence-corrected chi connectivity index (χ1v) is 4.50. The quantitative estimate of drug-likeness (QED) is 0.743. The third kappa shape index (κ3) is 2.18. The summed E-state index contributed by atoms with van der Waals surface area (Å²) in [4.78, 5) is 7.39. The van der Waals surface area contributed by atoms with E-state index in [1.54, 1.807) is 12.1 Å². The summed E-state index contributed by atoms with van der Waals surface area (Å²) in [6.45, 7) is 0. The van der Waals surface area contributed by atoms with Crippen LogP contribution in [0.2, 0.25) is 0 Å². The lowest BCUT2D eigenvalue weighted by atomic mass is 10.1. The van der Waals surface area contributed by atoms with Gasteiger partial charge >= 0.3 is 6.18 Å². The van der Waals surface area contributed by atoms with Gasteiger partial charge in [0, 0.05) is 30.4 Å². The van der Waals surface area contributed by atoms with E-state index >= 15 is 0 Å². The molecule has 0 saturated carbocycles. The van der Waals surface area contributed by atoms with Gasteiger partial charge in [0.25, 0.3) is 0 Å². The summed E-state index contributed by atoms with van der Waals surface area (Å²) in [6, 6.07) is 4.34. The van der Waals surface area contributed by atoms with E-state index in [9.17, 15) is 13.2 Å². The molecule has 0 aliphatic carbocycles. The predicted molar refractivity (Wildman–Crippen MR) is 52.5 cm³/mol. The number of alkyl halides is 3. The van der Waals surface area contributed by atoms with Crippen LogP contribution in [-0.4, -0.2) is 9.97 Å². The van der Waals surface area contributed by atoms with Gasteiger partial charge < -0.3 is 0 Å². The normalized spacial score (nSPS) is 11.4. The standard InChI is InChI=1S/C11H7F3N2/c12-11(13,14)10-5-9(6-16-7-10)8-1-3-15-4-2-8/h1-7H. The van der Waals surface area contributed by atoms with E-state index in [-0.39, 0.29) is 0 Å². The van der Waals surface area contributed by atoms with Crippen molar-refractivity contribution in [3.05, 3.63) is 48.5 Å². The number of halogens is 3. The molecule has 2 aromatic rings. The summed E-state index contributed by atoms with van der Waals surface area (Å²) in [5.41, 5.74) is 0.340. The summed E-state index contributed by atoms with van der Waals surface area (Å²) >= 11 is 0. The average Bonchev–Trinajstić information content (AvgIpc) is 2.29. The molecule has 5 heteroatoms. The minimum Gasteiger partial charge on any atom is -0.265 e. The van der Waals surface area contributed by atoms with Gasteiger partial charge in [0.05, 0.1) is 5.56 Å². The lowest BCUT2D eigenvalue weighted by Crippen LogP contribution is -2.05. The first-order chi connectivity index (χ1) is 7.57. The second-order valence-corrected chi connectivity index (χ2v) is 3.20. The summed E-state index contributed by atoms with van der Waals surface area (Å²) in [6.07, 6.45) is 0.885. The molecule has 0 unspecified atom stereocenters. The van der Waals surface area contributed by atoms with Crippen molar-refractivity contribution in [1.82, 2.24) is 9.97 Å². The molecule has 0 radical (unpaired) electrons. The molecule has 0 fully saturated rings. The van der Waals surface area contributed by atoms with Gasteiger partial charge in [0.15, 0.2) is 0 Å². The molecule has 2 rings (SSSR count). The van der Waals surface area contributed by atoms with Crippen molar-refractivity contribution in [2.75, 3.05) is 0 Å². The zero-order valence-electron chi connectivity index (χ0n) is 8.07. The molecule has 0 aliphatic heterocycles. The zero-order chi connectivity index (χ0) is 11.6. The number of aromatic nitrogens is 2. The number of rotatable bonds is 1.